The van der Waals surface area contributed by atoms with Crippen molar-refractivity contribution in [3.8, 4) is 0 Å². The Balaban J connectivity index is 1.13. The van der Waals surface area contributed by atoms with Crippen LogP contribution >= 0.6 is 0 Å². The van der Waals surface area contributed by atoms with Crippen LogP contribution < -0.4 is 20.9 Å². The molecule has 0 aromatic carbocycles. The third-order valence-electron chi connectivity index (χ3n) is 9.61. The molecule has 0 spiro atoms. The van der Waals surface area contributed by atoms with Crippen LogP contribution in [0.3, 0.4) is 0 Å². The zero-order valence-corrected chi connectivity index (χ0v) is 21.6. The van der Waals surface area contributed by atoms with Gasteiger partial charge in [0.05, 0.1) is 0 Å². The van der Waals surface area contributed by atoms with Crippen molar-refractivity contribution in [1.82, 2.24) is 25.5 Å². The summed E-state index contributed by atoms with van der Waals surface area (Å²) in [7, 11) is 0. The lowest BCUT2D eigenvalue weighted by molar-refractivity contribution is 0.133. The number of likely N-dealkylation sites (tertiary alicyclic amines) is 1. The van der Waals surface area contributed by atoms with Gasteiger partial charge in [-0.05, 0) is 63.9 Å². The van der Waals surface area contributed by atoms with E-state index < -0.39 is 0 Å². The largest absolute Gasteiger partial charge is 0.356 e. The van der Waals surface area contributed by atoms with Crippen molar-refractivity contribution >= 4 is 11.8 Å². The van der Waals surface area contributed by atoms with Gasteiger partial charge in [-0.15, -0.1) is 0 Å². The lowest BCUT2D eigenvalue weighted by atomic mass is 9.93. The molecular formula is C28H47N7. The number of anilines is 2. The van der Waals surface area contributed by atoms with E-state index >= 15 is 0 Å². The minimum Gasteiger partial charge on any atom is -0.356 e. The van der Waals surface area contributed by atoms with E-state index in [1.54, 1.807) is 0 Å². The first-order chi connectivity index (χ1) is 17.3. The van der Waals surface area contributed by atoms with Crippen molar-refractivity contribution < 1.29 is 0 Å². The summed E-state index contributed by atoms with van der Waals surface area (Å²) in [6, 6.07) is 5.96. The lowest BCUT2D eigenvalue weighted by Gasteiger charge is -2.38. The van der Waals surface area contributed by atoms with Gasteiger partial charge in [0, 0.05) is 68.6 Å². The second-order valence-corrected chi connectivity index (χ2v) is 12.0. The molecule has 1 aliphatic carbocycles. The van der Waals surface area contributed by atoms with Gasteiger partial charge in [-0.2, -0.15) is 4.98 Å². The molecule has 7 nitrogen and oxygen atoms in total. The molecule has 1 aromatic rings. The SMILES string of the molecule is c1cc(N2CCCCCC2)nc(N[C@H]2CCN(C3CCCCC3)[C@@H]2CNC2CC3CCC(C2)N3)n1. The number of rotatable bonds is 7. The summed E-state index contributed by atoms with van der Waals surface area (Å²) in [5.41, 5.74) is 0. The summed E-state index contributed by atoms with van der Waals surface area (Å²) >= 11 is 0. The maximum absolute atomic E-state index is 5.01. The van der Waals surface area contributed by atoms with E-state index in [0.717, 1.165) is 49.5 Å². The van der Waals surface area contributed by atoms with Gasteiger partial charge in [0.15, 0.2) is 0 Å². The van der Waals surface area contributed by atoms with Crippen LogP contribution in [-0.2, 0) is 0 Å². The third kappa shape index (κ3) is 5.78. The average Bonchev–Trinajstić information content (AvgIpc) is 3.32. The Morgan fingerprint density at radius 2 is 1.60 bits per heavy atom. The summed E-state index contributed by atoms with van der Waals surface area (Å²) < 4.78 is 0. The van der Waals surface area contributed by atoms with Crippen LogP contribution in [0.4, 0.5) is 11.8 Å². The number of piperidine rings is 1. The van der Waals surface area contributed by atoms with Gasteiger partial charge in [0.1, 0.15) is 5.82 Å². The van der Waals surface area contributed by atoms with Crippen molar-refractivity contribution in [2.45, 2.75) is 126 Å². The second-order valence-electron chi connectivity index (χ2n) is 12.0. The van der Waals surface area contributed by atoms with E-state index in [-0.39, 0.29) is 0 Å². The van der Waals surface area contributed by atoms with Gasteiger partial charge in [0.25, 0.3) is 0 Å². The van der Waals surface area contributed by atoms with E-state index in [1.165, 1.54) is 96.4 Å². The lowest BCUT2D eigenvalue weighted by Crippen LogP contribution is -2.54. The highest BCUT2D eigenvalue weighted by molar-refractivity contribution is 5.43. The van der Waals surface area contributed by atoms with E-state index in [9.17, 15) is 0 Å². The molecule has 6 rings (SSSR count). The molecule has 5 heterocycles. The first-order valence-electron chi connectivity index (χ1n) is 14.9. The quantitative estimate of drug-likeness (QED) is 0.545. The highest BCUT2D eigenvalue weighted by atomic mass is 15.3. The van der Waals surface area contributed by atoms with Crippen LogP contribution in [0.5, 0.6) is 0 Å². The Labute approximate surface area is 212 Å². The average molecular weight is 482 g/mol. The number of nitrogens with zero attached hydrogens (tertiary/aromatic N) is 4. The molecular weight excluding hydrogens is 434 g/mol. The smallest absolute Gasteiger partial charge is 0.224 e. The highest BCUT2D eigenvalue weighted by Crippen LogP contribution is 2.32. The fourth-order valence-corrected chi connectivity index (χ4v) is 7.74. The summed E-state index contributed by atoms with van der Waals surface area (Å²) in [6.07, 6.45) is 20.7. The Morgan fingerprint density at radius 3 is 2.37 bits per heavy atom. The first kappa shape index (κ1) is 23.9. The van der Waals surface area contributed by atoms with Crippen LogP contribution in [0.25, 0.3) is 0 Å². The molecule has 5 fully saturated rings. The summed E-state index contributed by atoms with van der Waals surface area (Å²) in [5.74, 6) is 1.93. The Bertz CT molecular complexity index is 792. The van der Waals surface area contributed by atoms with Crippen LogP contribution in [0.1, 0.15) is 89.9 Å². The number of fused-ring (bicyclic) bond motifs is 2. The number of hydrogen-bond donors (Lipinski definition) is 3. The normalized spacial score (nSPS) is 34.7. The molecule has 1 saturated carbocycles. The van der Waals surface area contributed by atoms with Gasteiger partial charge in [0.2, 0.25) is 5.95 Å². The maximum atomic E-state index is 5.01. The van der Waals surface area contributed by atoms with Crippen LogP contribution in [-0.4, -0.2) is 77.3 Å². The molecule has 4 aliphatic heterocycles. The number of aromatic nitrogens is 2. The molecule has 4 saturated heterocycles. The standard InChI is InChI=1S/C28H47N7/c1-2-7-16-34(15-6-1)27-12-14-29-28(33-27)32-25-13-17-35(24-8-4-3-5-9-24)26(25)20-30-23-18-21-10-11-22(19-23)31-21/h12,14,21-26,30-31H,1-11,13,15-20H2,(H,29,32,33)/t21?,22?,23?,25-,26+/m0/s1. The van der Waals surface area contributed by atoms with Gasteiger partial charge in [-0.3, -0.25) is 4.90 Å². The Kier molecular flexibility index (Phi) is 7.73. The zero-order chi connectivity index (χ0) is 23.5. The number of hydrogen-bond acceptors (Lipinski definition) is 7. The van der Waals surface area contributed by atoms with Gasteiger partial charge >= 0.3 is 0 Å². The third-order valence-corrected chi connectivity index (χ3v) is 9.61. The highest BCUT2D eigenvalue weighted by Gasteiger charge is 2.40. The summed E-state index contributed by atoms with van der Waals surface area (Å²) in [5, 5.41) is 11.7. The molecule has 3 N–H and O–H groups in total. The molecule has 194 valence electrons. The Hall–Kier alpha value is -1.44. The van der Waals surface area contributed by atoms with E-state index in [1.807, 2.05) is 6.20 Å². The molecule has 35 heavy (non-hydrogen) atoms. The minimum absolute atomic E-state index is 0.419. The van der Waals surface area contributed by atoms with Crippen molar-refractivity contribution in [2.24, 2.45) is 0 Å². The fourth-order valence-electron chi connectivity index (χ4n) is 7.74. The van der Waals surface area contributed by atoms with E-state index in [4.69, 9.17) is 4.98 Å². The Morgan fingerprint density at radius 1 is 0.857 bits per heavy atom. The predicted molar refractivity (Wildman–Crippen MR) is 143 cm³/mol. The van der Waals surface area contributed by atoms with Gasteiger partial charge in [-0.1, -0.05) is 32.1 Å². The van der Waals surface area contributed by atoms with Crippen molar-refractivity contribution in [1.29, 1.82) is 0 Å². The molecule has 4 atom stereocenters. The van der Waals surface area contributed by atoms with Crippen LogP contribution in [0, 0.1) is 0 Å². The monoisotopic (exact) mass is 481 g/mol. The molecule has 1 aromatic heterocycles. The first-order valence-corrected chi connectivity index (χ1v) is 14.9. The van der Waals surface area contributed by atoms with Crippen molar-refractivity contribution in [3.63, 3.8) is 0 Å². The van der Waals surface area contributed by atoms with Gasteiger partial charge in [-0.25, -0.2) is 4.98 Å². The summed E-state index contributed by atoms with van der Waals surface area (Å²) in [6.45, 7) is 4.54. The zero-order valence-electron chi connectivity index (χ0n) is 21.6. The van der Waals surface area contributed by atoms with Gasteiger partial charge < -0.3 is 20.9 Å². The topological polar surface area (TPSA) is 68.4 Å². The molecule has 2 unspecified atom stereocenters. The minimum atomic E-state index is 0.419. The van der Waals surface area contributed by atoms with Crippen molar-refractivity contribution in [2.75, 3.05) is 36.4 Å². The predicted octanol–water partition coefficient (Wildman–Crippen LogP) is 3.92. The van der Waals surface area contributed by atoms with Crippen molar-refractivity contribution in [3.05, 3.63) is 12.3 Å². The second kappa shape index (κ2) is 11.3. The molecule has 5 aliphatic rings. The molecule has 0 amide bonds. The molecule has 7 heteroatoms. The van der Waals surface area contributed by atoms with Crippen LogP contribution in [0.15, 0.2) is 12.3 Å². The molecule has 0 radical (unpaired) electrons. The molecule has 2 bridgehead atoms. The van der Waals surface area contributed by atoms with Crippen LogP contribution in [0.2, 0.25) is 0 Å². The number of nitrogens with one attached hydrogen (secondary N) is 3. The fraction of sp³-hybridized carbons (Fsp3) is 0.857. The van der Waals surface area contributed by atoms with E-state index in [0.29, 0.717) is 18.1 Å². The van der Waals surface area contributed by atoms with E-state index in [2.05, 4.69) is 36.8 Å². The maximum Gasteiger partial charge on any atom is 0.224 e. The summed E-state index contributed by atoms with van der Waals surface area (Å²) in [4.78, 5) is 15.0.